The number of allylic oxidation sites excluding steroid dienone is 2. The van der Waals surface area contributed by atoms with Crippen LogP contribution in [0.5, 0.6) is 0 Å². The molecular formula is C15H23N3O5. The van der Waals surface area contributed by atoms with Crippen LogP contribution < -0.4 is 5.73 Å². The average Bonchev–Trinajstić information content (AvgIpc) is 2.83. The SMILES string of the molecule is C=C/C(C)=C\c1nc(CC(O)C(O)C(O)C(N)C(=O)O)[nH]c1C. The van der Waals surface area contributed by atoms with Crippen molar-refractivity contribution in [3.63, 3.8) is 0 Å². The highest BCUT2D eigenvalue weighted by Gasteiger charge is 2.33. The van der Waals surface area contributed by atoms with E-state index in [1.165, 1.54) is 0 Å². The molecule has 0 aromatic carbocycles. The molecule has 0 aliphatic heterocycles. The first-order chi connectivity index (χ1) is 10.7. The Morgan fingerprint density at radius 2 is 2.00 bits per heavy atom. The molecular weight excluding hydrogens is 302 g/mol. The van der Waals surface area contributed by atoms with Crippen LogP contribution in [-0.4, -0.2) is 60.7 Å². The lowest BCUT2D eigenvalue weighted by Crippen LogP contribution is -2.52. The van der Waals surface area contributed by atoms with Crippen molar-refractivity contribution in [2.75, 3.05) is 0 Å². The zero-order valence-electron chi connectivity index (χ0n) is 13.1. The third kappa shape index (κ3) is 5.00. The van der Waals surface area contributed by atoms with Crippen LogP contribution in [0.3, 0.4) is 0 Å². The largest absolute Gasteiger partial charge is 0.480 e. The number of hydrogen-bond acceptors (Lipinski definition) is 6. The van der Waals surface area contributed by atoms with E-state index in [2.05, 4.69) is 16.5 Å². The molecule has 1 aromatic heterocycles. The molecule has 0 saturated heterocycles. The number of carboxylic acids is 1. The van der Waals surface area contributed by atoms with Crippen LogP contribution >= 0.6 is 0 Å². The number of aliphatic carboxylic acids is 1. The number of imidazole rings is 1. The van der Waals surface area contributed by atoms with Crippen molar-refractivity contribution in [2.45, 2.75) is 44.6 Å². The molecule has 0 aliphatic rings. The molecule has 1 heterocycles. The van der Waals surface area contributed by atoms with Crippen molar-refractivity contribution in [1.82, 2.24) is 9.97 Å². The predicted octanol–water partition coefficient (Wildman–Crippen LogP) is -0.655. The molecule has 0 fully saturated rings. The van der Waals surface area contributed by atoms with E-state index in [0.717, 1.165) is 11.3 Å². The third-order valence-electron chi connectivity index (χ3n) is 3.46. The Hall–Kier alpha value is -2.00. The summed E-state index contributed by atoms with van der Waals surface area (Å²) in [4.78, 5) is 17.9. The number of carbonyl (C=O) groups is 1. The van der Waals surface area contributed by atoms with Crippen molar-refractivity contribution in [1.29, 1.82) is 0 Å². The van der Waals surface area contributed by atoms with Gasteiger partial charge in [-0.2, -0.15) is 0 Å². The minimum absolute atomic E-state index is 0.0909. The van der Waals surface area contributed by atoms with Crippen molar-refractivity contribution in [3.8, 4) is 0 Å². The Morgan fingerprint density at radius 3 is 2.52 bits per heavy atom. The summed E-state index contributed by atoms with van der Waals surface area (Å²) in [6.07, 6.45) is -1.53. The number of aliphatic hydroxyl groups is 3. The first kappa shape index (κ1) is 19.0. The molecule has 4 unspecified atom stereocenters. The summed E-state index contributed by atoms with van der Waals surface area (Å²) in [5.74, 6) is -1.07. The first-order valence-electron chi connectivity index (χ1n) is 7.06. The second kappa shape index (κ2) is 8.02. The summed E-state index contributed by atoms with van der Waals surface area (Å²) in [5, 5.41) is 38.1. The summed E-state index contributed by atoms with van der Waals surface area (Å²) >= 11 is 0. The summed E-state index contributed by atoms with van der Waals surface area (Å²) in [6, 6.07) is -1.69. The summed E-state index contributed by atoms with van der Waals surface area (Å²) in [6.45, 7) is 7.31. The number of rotatable bonds is 8. The van der Waals surface area contributed by atoms with Crippen LogP contribution in [-0.2, 0) is 11.2 Å². The van der Waals surface area contributed by atoms with Gasteiger partial charge in [0, 0.05) is 12.1 Å². The van der Waals surface area contributed by atoms with Gasteiger partial charge in [-0.15, -0.1) is 0 Å². The number of nitrogens with two attached hydrogens (primary N) is 1. The topological polar surface area (TPSA) is 153 Å². The van der Waals surface area contributed by atoms with E-state index < -0.39 is 30.3 Å². The number of aromatic amines is 1. The van der Waals surface area contributed by atoms with Gasteiger partial charge in [0.05, 0.1) is 11.8 Å². The van der Waals surface area contributed by atoms with Gasteiger partial charge in [0.15, 0.2) is 0 Å². The maximum absolute atomic E-state index is 10.7. The van der Waals surface area contributed by atoms with Crippen LogP contribution in [0.2, 0.25) is 0 Å². The van der Waals surface area contributed by atoms with Gasteiger partial charge in [0.1, 0.15) is 24.1 Å². The summed E-state index contributed by atoms with van der Waals surface area (Å²) in [7, 11) is 0. The number of carboxylic acid groups (broad SMARTS) is 1. The normalized spacial score (nSPS) is 17.4. The molecule has 0 spiro atoms. The lowest BCUT2D eigenvalue weighted by atomic mass is 9.99. The number of aromatic nitrogens is 2. The molecule has 8 heteroatoms. The Labute approximate surface area is 134 Å². The number of aryl methyl sites for hydroxylation is 1. The third-order valence-corrected chi connectivity index (χ3v) is 3.46. The fourth-order valence-electron chi connectivity index (χ4n) is 1.95. The smallest absolute Gasteiger partial charge is 0.323 e. The van der Waals surface area contributed by atoms with Gasteiger partial charge in [0.25, 0.3) is 0 Å². The fourth-order valence-corrected chi connectivity index (χ4v) is 1.95. The molecule has 1 rings (SSSR count). The molecule has 4 atom stereocenters. The second-order valence-corrected chi connectivity index (χ2v) is 5.40. The highest BCUT2D eigenvalue weighted by atomic mass is 16.4. The zero-order valence-corrected chi connectivity index (χ0v) is 13.1. The predicted molar refractivity (Wildman–Crippen MR) is 84.5 cm³/mol. The van der Waals surface area contributed by atoms with Gasteiger partial charge in [0.2, 0.25) is 0 Å². The minimum atomic E-state index is -1.79. The van der Waals surface area contributed by atoms with Gasteiger partial charge < -0.3 is 31.1 Å². The van der Waals surface area contributed by atoms with E-state index in [-0.39, 0.29) is 6.42 Å². The molecule has 1 aromatic rings. The van der Waals surface area contributed by atoms with Crippen molar-refractivity contribution < 1.29 is 25.2 Å². The van der Waals surface area contributed by atoms with Crippen molar-refractivity contribution in [3.05, 3.63) is 35.4 Å². The van der Waals surface area contributed by atoms with Crippen molar-refractivity contribution in [2.24, 2.45) is 5.73 Å². The maximum Gasteiger partial charge on any atom is 0.323 e. The molecule has 0 saturated carbocycles. The standard InChI is InChI=1S/C15H23N3O5/c1-4-7(2)5-9-8(3)17-11(18-9)6-10(19)13(20)14(21)12(16)15(22)23/h4-5,10,12-14,19-21H,1,6,16H2,2-3H3,(H,17,18)(H,22,23)/b7-5-. The lowest BCUT2D eigenvalue weighted by Gasteiger charge is -2.24. The number of aliphatic hydroxyl groups excluding tert-OH is 3. The van der Waals surface area contributed by atoms with Crippen molar-refractivity contribution >= 4 is 12.0 Å². The van der Waals surface area contributed by atoms with Crippen LogP contribution in [0, 0.1) is 6.92 Å². The van der Waals surface area contributed by atoms with E-state index in [0.29, 0.717) is 11.5 Å². The Bertz CT molecular complexity index is 596. The molecule has 0 bridgehead atoms. The van der Waals surface area contributed by atoms with E-state index >= 15 is 0 Å². The van der Waals surface area contributed by atoms with Crippen LogP contribution in [0.1, 0.15) is 24.1 Å². The monoisotopic (exact) mass is 325 g/mol. The minimum Gasteiger partial charge on any atom is -0.480 e. The average molecular weight is 325 g/mol. The lowest BCUT2D eigenvalue weighted by molar-refractivity contribution is -0.145. The highest BCUT2D eigenvalue weighted by Crippen LogP contribution is 2.14. The molecule has 0 amide bonds. The Kier molecular flexibility index (Phi) is 6.64. The van der Waals surface area contributed by atoms with E-state index in [1.54, 1.807) is 19.1 Å². The van der Waals surface area contributed by atoms with Gasteiger partial charge in [-0.3, -0.25) is 4.79 Å². The zero-order chi connectivity index (χ0) is 17.7. The summed E-state index contributed by atoms with van der Waals surface area (Å²) in [5.41, 5.74) is 7.58. The Balaban J connectivity index is 2.81. The molecule has 23 heavy (non-hydrogen) atoms. The summed E-state index contributed by atoms with van der Waals surface area (Å²) < 4.78 is 0. The molecule has 7 N–H and O–H groups in total. The van der Waals surface area contributed by atoms with Gasteiger partial charge in [-0.1, -0.05) is 12.7 Å². The molecule has 0 radical (unpaired) electrons. The highest BCUT2D eigenvalue weighted by molar-refractivity contribution is 5.74. The van der Waals surface area contributed by atoms with Gasteiger partial charge in [-0.05, 0) is 25.5 Å². The second-order valence-electron chi connectivity index (χ2n) is 5.40. The van der Waals surface area contributed by atoms with E-state index in [4.69, 9.17) is 10.8 Å². The maximum atomic E-state index is 10.7. The Morgan fingerprint density at radius 1 is 1.39 bits per heavy atom. The number of nitrogens with one attached hydrogen (secondary N) is 1. The van der Waals surface area contributed by atoms with E-state index in [1.807, 2.05) is 6.92 Å². The molecule has 0 aliphatic carbocycles. The molecule has 8 nitrogen and oxygen atoms in total. The number of nitrogens with zero attached hydrogens (tertiary/aromatic N) is 1. The molecule has 128 valence electrons. The van der Waals surface area contributed by atoms with Gasteiger partial charge >= 0.3 is 5.97 Å². The first-order valence-corrected chi connectivity index (χ1v) is 7.06. The number of H-pyrrole nitrogens is 1. The van der Waals surface area contributed by atoms with Crippen LogP contribution in [0.25, 0.3) is 6.08 Å². The quantitative estimate of drug-likeness (QED) is 0.347. The van der Waals surface area contributed by atoms with Crippen LogP contribution in [0.15, 0.2) is 18.2 Å². The number of hydrogen-bond donors (Lipinski definition) is 6. The fraction of sp³-hybridized carbons (Fsp3) is 0.467. The van der Waals surface area contributed by atoms with Crippen LogP contribution in [0.4, 0.5) is 0 Å². The van der Waals surface area contributed by atoms with Gasteiger partial charge in [-0.25, -0.2) is 4.98 Å². The van der Waals surface area contributed by atoms with E-state index in [9.17, 15) is 20.1 Å².